The van der Waals surface area contributed by atoms with Crippen LogP contribution in [0.5, 0.6) is 0 Å². The summed E-state index contributed by atoms with van der Waals surface area (Å²) in [6.07, 6.45) is 3.13. The summed E-state index contributed by atoms with van der Waals surface area (Å²) in [5.41, 5.74) is 2.44. The summed E-state index contributed by atoms with van der Waals surface area (Å²) in [6.45, 7) is 0. The van der Waals surface area contributed by atoms with Gasteiger partial charge in [-0.05, 0) is 46.1 Å². The molecule has 0 saturated heterocycles. The lowest BCUT2D eigenvalue weighted by Gasteiger charge is -1.88. The quantitative estimate of drug-likeness (QED) is 0.669. The third-order valence-corrected chi connectivity index (χ3v) is 3.40. The average molecular weight is 327 g/mol. The van der Waals surface area contributed by atoms with Gasteiger partial charge in [0.15, 0.2) is 11.5 Å². The number of benzene rings is 1. The minimum absolute atomic E-state index is 0.695. The molecule has 0 aliphatic rings. The van der Waals surface area contributed by atoms with E-state index in [1.54, 1.807) is 6.20 Å². The fraction of sp³-hybridized carbons (Fsp3) is 0.125. The number of fused-ring (bicyclic) bond motifs is 1. The minimum atomic E-state index is 0.695. The van der Waals surface area contributed by atoms with Crippen molar-refractivity contribution in [3.8, 4) is 11.8 Å². The maximum Gasteiger partial charge on any atom is 0.196 e. The molecule has 3 aromatic rings. The molecule has 0 amide bonds. The molecule has 20 heavy (non-hydrogen) atoms. The second kappa shape index (κ2) is 5.89. The molecule has 0 N–H and O–H groups in total. The molecule has 0 aliphatic carbocycles. The van der Waals surface area contributed by atoms with Gasteiger partial charge in [0.2, 0.25) is 0 Å². The zero-order valence-electron chi connectivity index (χ0n) is 10.6. The van der Waals surface area contributed by atoms with Crippen LogP contribution in [-0.2, 0) is 6.42 Å². The van der Waals surface area contributed by atoms with E-state index >= 15 is 0 Å². The lowest BCUT2D eigenvalue weighted by atomic mass is 10.3. The van der Waals surface area contributed by atoms with E-state index in [1.165, 1.54) is 0 Å². The number of halogens is 1. The maximum atomic E-state index is 5.68. The normalized spacial score (nSPS) is 10.2. The first-order valence-corrected chi connectivity index (χ1v) is 7.06. The van der Waals surface area contributed by atoms with Gasteiger partial charge in [-0.25, -0.2) is 9.97 Å². The third-order valence-electron chi connectivity index (χ3n) is 2.76. The van der Waals surface area contributed by atoms with Crippen molar-refractivity contribution in [2.24, 2.45) is 0 Å². The maximum absolute atomic E-state index is 5.68. The number of pyridine rings is 1. The highest BCUT2D eigenvalue weighted by Gasteiger charge is 2.07. The van der Waals surface area contributed by atoms with Gasteiger partial charge in [0.25, 0.3) is 0 Å². The highest BCUT2D eigenvalue weighted by atomic mass is 79.9. The van der Waals surface area contributed by atoms with Crippen molar-refractivity contribution >= 4 is 27.0 Å². The van der Waals surface area contributed by atoms with Crippen molar-refractivity contribution in [1.29, 1.82) is 0 Å². The molecule has 3 nitrogen and oxygen atoms in total. The van der Waals surface area contributed by atoms with E-state index in [9.17, 15) is 0 Å². The molecule has 0 saturated carbocycles. The fourth-order valence-electron chi connectivity index (χ4n) is 1.83. The molecule has 0 radical (unpaired) electrons. The van der Waals surface area contributed by atoms with Gasteiger partial charge in [0, 0.05) is 23.5 Å². The summed E-state index contributed by atoms with van der Waals surface area (Å²) in [7, 11) is 0. The second-order valence-corrected chi connectivity index (χ2v) is 5.07. The van der Waals surface area contributed by atoms with Crippen molar-refractivity contribution in [3.63, 3.8) is 0 Å². The van der Waals surface area contributed by atoms with Crippen LogP contribution in [0.2, 0.25) is 0 Å². The second-order valence-electron chi connectivity index (χ2n) is 4.21. The smallest absolute Gasteiger partial charge is 0.196 e. The van der Waals surface area contributed by atoms with E-state index in [0.29, 0.717) is 18.7 Å². The molecular weight excluding hydrogens is 316 g/mol. The number of aromatic nitrogens is 2. The lowest BCUT2D eigenvalue weighted by Crippen LogP contribution is -1.83. The number of hydrogen-bond donors (Lipinski definition) is 0. The van der Waals surface area contributed by atoms with Gasteiger partial charge in [0.1, 0.15) is 11.2 Å². The highest BCUT2D eigenvalue weighted by Crippen LogP contribution is 2.24. The Hall–Kier alpha value is -2.12. The fourth-order valence-corrected chi connectivity index (χ4v) is 2.26. The standard InChI is InChI=1S/C16H11BrN2O/c17-13-8-5-9-14-16(13)19-15(20-14)10-2-1-6-12-7-3-4-11-18-12/h3-5,7-9,11H,2,10H2. The Morgan fingerprint density at radius 3 is 2.90 bits per heavy atom. The molecule has 0 unspecified atom stereocenters. The van der Waals surface area contributed by atoms with E-state index in [-0.39, 0.29) is 0 Å². The van der Waals surface area contributed by atoms with Gasteiger partial charge in [-0.15, -0.1) is 0 Å². The zero-order valence-corrected chi connectivity index (χ0v) is 12.2. The first-order chi connectivity index (χ1) is 9.83. The molecule has 2 heterocycles. The topological polar surface area (TPSA) is 38.9 Å². The van der Waals surface area contributed by atoms with Crippen LogP contribution in [0.4, 0.5) is 0 Å². The average Bonchev–Trinajstić information content (AvgIpc) is 2.89. The summed E-state index contributed by atoms with van der Waals surface area (Å²) in [6, 6.07) is 11.5. The number of hydrogen-bond acceptors (Lipinski definition) is 3. The molecule has 0 atom stereocenters. The van der Waals surface area contributed by atoms with E-state index < -0.39 is 0 Å². The van der Waals surface area contributed by atoms with Crippen molar-refractivity contribution in [3.05, 3.63) is 58.7 Å². The Balaban J connectivity index is 1.69. The van der Waals surface area contributed by atoms with Crippen LogP contribution in [-0.4, -0.2) is 9.97 Å². The van der Waals surface area contributed by atoms with E-state index in [2.05, 4.69) is 37.7 Å². The third kappa shape index (κ3) is 2.89. The Bertz CT molecular complexity index is 784. The number of aryl methyl sites for hydroxylation is 1. The highest BCUT2D eigenvalue weighted by molar-refractivity contribution is 9.10. The van der Waals surface area contributed by atoms with Gasteiger partial charge in [-0.3, -0.25) is 0 Å². The van der Waals surface area contributed by atoms with Crippen LogP contribution < -0.4 is 0 Å². The molecule has 2 aromatic heterocycles. The van der Waals surface area contributed by atoms with Gasteiger partial charge in [0.05, 0.1) is 0 Å². The molecule has 98 valence electrons. The van der Waals surface area contributed by atoms with Crippen LogP contribution >= 0.6 is 15.9 Å². The van der Waals surface area contributed by atoms with Crippen molar-refractivity contribution in [2.45, 2.75) is 12.8 Å². The minimum Gasteiger partial charge on any atom is -0.441 e. The SMILES string of the molecule is Brc1cccc2oc(CCC#Cc3ccccn3)nc12. The Morgan fingerprint density at radius 1 is 1.15 bits per heavy atom. The molecule has 0 aliphatic heterocycles. The van der Waals surface area contributed by atoms with E-state index in [0.717, 1.165) is 21.3 Å². The number of oxazole rings is 1. The number of rotatable bonds is 2. The van der Waals surface area contributed by atoms with Crippen LogP contribution in [0.25, 0.3) is 11.1 Å². The Labute approximate surface area is 125 Å². The molecule has 0 spiro atoms. The predicted molar refractivity (Wildman–Crippen MR) is 81.1 cm³/mol. The summed E-state index contributed by atoms with van der Waals surface area (Å²) in [5.74, 6) is 6.82. The van der Waals surface area contributed by atoms with Gasteiger partial charge >= 0.3 is 0 Å². The number of nitrogens with zero attached hydrogens (tertiary/aromatic N) is 2. The molecule has 3 rings (SSSR count). The summed E-state index contributed by atoms with van der Waals surface area (Å²) in [4.78, 5) is 8.61. The van der Waals surface area contributed by atoms with Crippen LogP contribution in [0.1, 0.15) is 18.0 Å². The van der Waals surface area contributed by atoms with Crippen LogP contribution in [0.15, 0.2) is 51.5 Å². The van der Waals surface area contributed by atoms with Gasteiger partial charge in [-0.2, -0.15) is 0 Å². The van der Waals surface area contributed by atoms with Gasteiger partial charge < -0.3 is 4.42 Å². The van der Waals surface area contributed by atoms with E-state index in [4.69, 9.17) is 4.42 Å². The molecule has 0 fully saturated rings. The zero-order chi connectivity index (χ0) is 13.8. The summed E-state index contributed by atoms with van der Waals surface area (Å²) < 4.78 is 6.63. The van der Waals surface area contributed by atoms with Crippen LogP contribution in [0, 0.1) is 11.8 Å². The molecule has 0 bridgehead atoms. The Kier molecular flexibility index (Phi) is 3.80. The van der Waals surface area contributed by atoms with Crippen molar-refractivity contribution in [2.75, 3.05) is 0 Å². The van der Waals surface area contributed by atoms with Crippen molar-refractivity contribution in [1.82, 2.24) is 9.97 Å². The lowest BCUT2D eigenvalue weighted by molar-refractivity contribution is 0.531. The molecular formula is C16H11BrN2O. The molecule has 4 heteroatoms. The van der Waals surface area contributed by atoms with E-state index in [1.807, 2.05) is 36.4 Å². The largest absolute Gasteiger partial charge is 0.441 e. The van der Waals surface area contributed by atoms with Crippen molar-refractivity contribution < 1.29 is 4.42 Å². The van der Waals surface area contributed by atoms with Crippen LogP contribution in [0.3, 0.4) is 0 Å². The summed E-state index contributed by atoms with van der Waals surface area (Å²) in [5, 5.41) is 0. The Morgan fingerprint density at radius 2 is 2.10 bits per heavy atom. The van der Waals surface area contributed by atoms with Gasteiger partial charge in [-0.1, -0.05) is 18.1 Å². The number of para-hydroxylation sites is 1. The predicted octanol–water partition coefficient (Wildman–Crippen LogP) is 3.97. The first-order valence-electron chi connectivity index (χ1n) is 6.27. The molecule has 1 aromatic carbocycles. The monoisotopic (exact) mass is 326 g/mol. The summed E-state index contributed by atoms with van der Waals surface area (Å²) >= 11 is 3.46. The first kappa shape index (κ1) is 12.9.